The van der Waals surface area contributed by atoms with E-state index in [4.69, 9.17) is 9.72 Å². The van der Waals surface area contributed by atoms with Crippen LogP contribution in [0, 0.1) is 0 Å². The molecule has 218 valence electrons. The zero-order valence-corrected chi connectivity index (χ0v) is 24.8. The van der Waals surface area contributed by atoms with Gasteiger partial charge < -0.3 is 20.0 Å². The Bertz CT molecular complexity index is 1370. The summed E-state index contributed by atoms with van der Waals surface area (Å²) in [6.45, 7) is 7.56. The number of rotatable bonds is 5. The van der Waals surface area contributed by atoms with E-state index in [0.29, 0.717) is 6.04 Å². The molecule has 5 fully saturated rings. The normalized spacial score (nSPS) is 29.8. The zero-order chi connectivity index (χ0) is 28.2. The van der Waals surface area contributed by atoms with Crippen molar-refractivity contribution >= 4 is 6.09 Å². The molecular weight excluding hydrogens is 512 g/mol. The highest BCUT2D eigenvalue weighted by atomic mass is 16.6. The molecule has 3 aromatic rings. The third kappa shape index (κ3) is 4.88. The number of amides is 1. The molecule has 5 aliphatic rings. The summed E-state index contributed by atoms with van der Waals surface area (Å²) in [6.07, 6.45) is 15.2. The van der Waals surface area contributed by atoms with E-state index < -0.39 is 5.60 Å². The van der Waals surface area contributed by atoms with Gasteiger partial charge in [0.05, 0.1) is 24.0 Å². The van der Waals surface area contributed by atoms with E-state index in [0.717, 1.165) is 49.7 Å². The van der Waals surface area contributed by atoms with Gasteiger partial charge in [0.1, 0.15) is 17.2 Å². The molecule has 2 saturated heterocycles. The molecule has 0 unspecified atom stereocenters. The molecule has 8 nitrogen and oxygen atoms in total. The molecule has 0 spiro atoms. The second-order valence-corrected chi connectivity index (χ2v) is 14.0. The first-order valence-corrected chi connectivity index (χ1v) is 15.7. The van der Waals surface area contributed by atoms with E-state index in [9.17, 15) is 4.79 Å². The Kier molecular flexibility index (Phi) is 6.53. The first-order chi connectivity index (χ1) is 19.7. The highest BCUT2D eigenvalue weighted by molar-refractivity contribution is 5.69. The SMILES string of the molecule is CC(C)(C)OC(=O)N1CCC[C@H]1c1ncc(C23CCC(c4ccc(-c5cnc([C@@H]6CCCN6)[nH]5)cc4)(CC2)CC3)[nH]1. The van der Waals surface area contributed by atoms with Gasteiger partial charge in [0, 0.05) is 23.9 Å². The van der Waals surface area contributed by atoms with Crippen LogP contribution in [0.3, 0.4) is 0 Å². The van der Waals surface area contributed by atoms with E-state index in [1.165, 1.54) is 61.8 Å². The standard InChI is InChI=1S/C33H44N6O2/c1-31(2,3)41-30(40)39-19-5-7-26(39)29-36-21-27(38-29)33-15-12-32(13-16-33,14-17-33)23-10-8-22(9-11-23)25-20-35-28(37-25)24-6-4-18-34-24/h8-11,20-21,24,26,34H,4-7,12-19H2,1-3H3,(H,35,37)(H,36,38)/t24-,26-,32?,33?/m0/s1. The van der Waals surface area contributed by atoms with Gasteiger partial charge in [-0.15, -0.1) is 0 Å². The van der Waals surface area contributed by atoms with Crippen molar-refractivity contribution in [2.24, 2.45) is 0 Å². The average molecular weight is 557 g/mol. The van der Waals surface area contributed by atoms with Crippen LogP contribution in [0.5, 0.6) is 0 Å². The molecule has 1 aromatic carbocycles. The Morgan fingerprint density at radius 2 is 1.61 bits per heavy atom. The summed E-state index contributed by atoms with van der Waals surface area (Å²) in [5.41, 5.74) is 5.00. The number of fused-ring (bicyclic) bond motifs is 3. The van der Waals surface area contributed by atoms with Crippen molar-refractivity contribution in [2.45, 2.75) is 113 Å². The summed E-state index contributed by atoms with van der Waals surface area (Å²) < 4.78 is 5.69. The largest absolute Gasteiger partial charge is 0.444 e. The topological polar surface area (TPSA) is 98.9 Å². The van der Waals surface area contributed by atoms with Crippen LogP contribution >= 0.6 is 0 Å². The lowest BCUT2D eigenvalue weighted by Gasteiger charge is -2.53. The third-order valence-electron chi connectivity index (χ3n) is 10.4. The molecule has 3 saturated carbocycles. The van der Waals surface area contributed by atoms with Gasteiger partial charge in [-0.3, -0.25) is 4.90 Å². The Labute approximate surface area is 243 Å². The fraction of sp³-hybridized carbons (Fsp3) is 0.606. The van der Waals surface area contributed by atoms with Crippen LogP contribution in [-0.4, -0.2) is 49.6 Å². The van der Waals surface area contributed by atoms with Crippen molar-refractivity contribution in [3.63, 3.8) is 0 Å². The Balaban J connectivity index is 1.03. The summed E-state index contributed by atoms with van der Waals surface area (Å²) >= 11 is 0. The molecule has 8 rings (SSSR count). The molecule has 4 heterocycles. The second-order valence-electron chi connectivity index (χ2n) is 14.0. The van der Waals surface area contributed by atoms with Crippen molar-refractivity contribution < 1.29 is 9.53 Å². The van der Waals surface area contributed by atoms with Crippen LogP contribution in [0.2, 0.25) is 0 Å². The summed E-state index contributed by atoms with van der Waals surface area (Å²) in [4.78, 5) is 31.5. The summed E-state index contributed by atoms with van der Waals surface area (Å²) in [6, 6.07) is 9.61. The summed E-state index contributed by atoms with van der Waals surface area (Å²) in [7, 11) is 0. The number of carbonyl (C=O) groups is 1. The van der Waals surface area contributed by atoms with Crippen LogP contribution in [0.1, 0.15) is 120 Å². The molecule has 2 atom stereocenters. The second kappa shape index (κ2) is 10.0. The fourth-order valence-corrected chi connectivity index (χ4v) is 7.97. The minimum absolute atomic E-state index is 0.0276. The number of aromatic amines is 2. The zero-order valence-electron chi connectivity index (χ0n) is 24.8. The lowest BCUT2D eigenvalue weighted by atomic mass is 9.51. The van der Waals surface area contributed by atoms with Crippen molar-refractivity contribution in [2.75, 3.05) is 13.1 Å². The number of aromatic nitrogens is 4. The van der Waals surface area contributed by atoms with E-state index in [1.54, 1.807) is 0 Å². The molecule has 3 aliphatic carbocycles. The van der Waals surface area contributed by atoms with Gasteiger partial charge in [-0.1, -0.05) is 24.3 Å². The van der Waals surface area contributed by atoms with E-state index >= 15 is 0 Å². The molecule has 2 bridgehead atoms. The minimum atomic E-state index is -0.496. The lowest BCUT2D eigenvalue weighted by Crippen LogP contribution is -2.46. The third-order valence-corrected chi connectivity index (χ3v) is 10.4. The molecular formula is C33H44N6O2. The van der Waals surface area contributed by atoms with Gasteiger partial charge in [-0.2, -0.15) is 0 Å². The molecule has 0 radical (unpaired) electrons. The van der Waals surface area contributed by atoms with Crippen LogP contribution in [0.15, 0.2) is 36.7 Å². The number of hydrogen-bond donors (Lipinski definition) is 3. The van der Waals surface area contributed by atoms with Crippen LogP contribution in [-0.2, 0) is 15.6 Å². The van der Waals surface area contributed by atoms with Gasteiger partial charge >= 0.3 is 6.09 Å². The first-order valence-electron chi connectivity index (χ1n) is 15.7. The highest BCUT2D eigenvalue weighted by Gasteiger charge is 2.51. The van der Waals surface area contributed by atoms with Crippen molar-refractivity contribution in [1.29, 1.82) is 0 Å². The van der Waals surface area contributed by atoms with Gasteiger partial charge in [0.25, 0.3) is 0 Å². The number of nitrogens with zero attached hydrogens (tertiary/aromatic N) is 3. The smallest absolute Gasteiger partial charge is 0.410 e. The van der Waals surface area contributed by atoms with Crippen molar-refractivity contribution in [1.82, 2.24) is 30.2 Å². The minimum Gasteiger partial charge on any atom is -0.444 e. The summed E-state index contributed by atoms with van der Waals surface area (Å²) in [5.74, 6) is 1.98. The maximum atomic E-state index is 12.9. The lowest BCUT2D eigenvalue weighted by molar-refractivity contribution is 0.0218. The van der Waals surface area contributed by atoms with Crippen LogP contribution in [0.25, 0.3) is 11.3 Å². The number of nitrogens with one attached hydrogen (secondary N) is 3. The van der Waals surface area contributed by atoms with Crippen molar-refractivity contribution in [3.8, 4) is 11.3 Å². The number of ether oxygens (including phenoxy) is 1. The molecule has 2 aromatic heterocycles. The monoisotopic (exact) mass is 556 g/mol. The fourth-order valence-electron chi connectivity index (χ4n) is 7.97. The maximum Gasteiger partial charge on any atom is 0.410 e. The number of carbonyl (C=O) groups excluding carboxylic acids is 1. The highest BCUT2D eigenvalue weighted by Crippen LogP contribution is 2.58. The number of imidazole rings is 2. The number of benzene rings is 1. The average Bonchev–Trinajstić information content (AvgIpc) is 3.80. The summed E-state index contributed by atoms with van der Waals surface area (Å²) in [5, 5.41) is 3.53. The molecule has 1 amide bonds. The van der Waals surface area contributed by atoms with Crippen LogP contribution < -0.4 is 5.32 Å². The van der Waals surface area contributed by atoms with Gasteiger partial charge in [-0.05, 0) is 108 Å². The number of hydrogen-bond acceptors (Lipinski definition) is 5. The Morgan fingerprint density at radius 3 is 2.29 bits per heavy atom. The van der Waals surface area contributed by atoms with E-state index in [1.807, 2.05) is 31.9 Å². The Morgan fingerprint density at radius 1 is 0.902 bits per heavy atom. The molecule has 3 N–H and O–H groups in total. The number of likely N-dealkylation sites (tertiary alicyclic amines) is 1. The van der Waals surface area contributed by atoms with Crippen LogP contribution in [0.4, 0.5) is 4.79 Å². The predicted molar refractivity (Wildman–Crippen MR) is 159 cm³/mol. The van der Waals surface area contributed by atoms with Crippen molar-refractivity contribution in [3.05, 3.63) is 59.6 Å². The molecule has 8 heteroatoms. The van der Waals surface area contributed by atoms with Gasteiger partial charge in [-0.25, -0.2) is 14.8 Å². The Hall–Kier alpha value is -3.13. The predicted octanol–water partition coefficient (Wildman–Crippen LogP) is 6.84. The van der Waals surface area contributed by atoms with Gasteiger partial charge in [0.2, 0.25) is 0 Å². The van der Waals surface area contributed by atoms with Gasteiger partial charge in [0.15, 0.2) is 0 Å². The van der Waals surface area contributed by atoms with E-state index in [-0.39, 0.29) is 23.0 Å². The van der Waals surface area contributed by atoms with E-state index in [2.05, 4.69) is 50.7 Å². The maximum absolute atomic E-state index is 12.9. The quantitative estimate of drug-likeness (QED) is 0.320. The number of H-pyrrole nitrogens is 2. The molecule has 2 aliphatic heterocycles. The first kappa shape index (κ1) is 26.7. The molecule has 41 heavy (non-hydrogen) atoms.